The number of amides is 1. The first kappa shape index (κ1) is 22.6. The molecule has 5 rings (SSSR count). The standard InChI is InChI=1S/C26H26FN5OS/c1-3-22-30-31-25(34-22)18-9-10-20(21(27)14-18)26(33)32(19-8-5-12-28-15-19)24-23-16(2)6-4-7-17(23)11-13-29-24/h4,6-7,9-11,13-14,19,28H,3,5,8,12,15H2,1-2H3/t19-/m1/s1. The molecule has 1 saturated heterocycles. The van der Waals surface area contributed by atoms with E-state index in [0.29, 0.717) is 22.9 Å². The number of rotatable bonds is 5. The van der Waals surface area contributed by atoms with Gasteiger partial charge in [0.25, 0.3) is 5.91 Å². The fourth-order valence-electron chi connectivity index (χ4n) is 4.52. The molecule has 1 atom stereocenters. The molecule has 34 heavy (non-hydrogen) atoms. The molecule has 2 aromatic carbocycles. The molecular weight excluding hydrogens is 449 g/mol. The SMILES string of the molecule is CCc1nnc(-c2ccc(C(=O)N(c3nccc4cccc(C)c34)[C@@H]3CCCNC3)c(F)c2)s1. The fourth-order valence-corrected chi connectivity index (χ4v) is 5.30. The van der Waals surface area contributed by atoms with Crippen molar-refractivity contribution in [2.24, 2.45) is 0 Å². The Kier molecular flexibility index (Phi) is 6.34. The van der Waals surface area contributed by atoms with Crippen LogP contribution < -0.4 is 10.2 Å². The summed E-state index contributed by atoms with van der Waals surface area (Å²) in [6.07, 6.45) is 4.26. The zero-order chi connectivity index (χ0) is 23.7. The number of anilines is 1. The summed E-state index contributed by atoms with van der Waals surface area (Å²) in [6, 6.07) is 12.5. The van der Waals surface area contributed by atoms with Gasteiger partial charge in [-0.05, 0) is 61.9 Å². The van der Waals surface area contributed by atoms with E-state index >= 15 is 4.39 Å². The van der Waals surface area contributed by atoms with Gasteiger partial charge >= 0.3 is 0 Å². The van der Waals surface area contributed by atoms with Crippen LogP contribution >= 0.6 is 11.3 Å². The van der Waals surface area contributed by atoms with Gasteiger partial charge in [0.2, 0.25) is 0 Å². The van der Waals surface area contributed by atoms with Crippen molar-refractivity contribution >= 4 is 33.8 Å². The molecule has 1 N–H and O–H groups in total. The Bertz CT molecular complexity index is 1340. The van der Waals surface area contributed by atoms with Gasteiger partial charge in [-0.3, -0.25) is 9.69 Å². The van der Waals surface area contributed by atoms with E-state index in [0.717, 1.165) is 47.2 Å². The molecule has 1 aliphatic heterocycles. The second-order valence-electron chi connectivity index (χ2n) is 8.53. The molecule has 6 nitrogen and oxygen atoms in total. The molecule has 3 heterocycles. The van der Waals surface area contributed by atoms with Crippen LogP contribution in [0.25, 0.3) is 21.3 Å². The van der Waals surface area contributed by atoms with Gasteiger partial charge < -0.3 is 5.32 Å². The van der Waals surface area contributed by atoms with E-state index in [-0.39, 0.29) is 17.5 Å². The summed E-state index contributed by atoms with van der Waals surface area (Å²) in [7, 11) is 0. The van der Waals surface area contributed by atoms with Gasteiger partial charge in [0.05, 0.1) is 11.6 Å². The number of carbonyl (C=O) groups is 1. The third-order valence-corrected chi connectivity index (χ3v) is 7.39. The fraction of sp³-hybridized carbons (Fsp3) is 0.308. The Hall–Kier alpha value is -3.23. The third-order valence-electron chi connectivity index (χ3n) is 6.28. The maximum atomic E-state index is 15.4. The molecule has 174 valence electrons. The summed E-state index contributed by atoms with van der Waals surface area (Å²) in [6.45, 7) is 5.56. The summed E-state index contributed by atoms with van der Waals surface area (Å²) in [5.74, 6) is -0.372. The van der Waals surface area contributed by atoms with Gasteiger partial charge in [-0.25, -0.2) is 9.37 Å². The van der Waals surface area contributed by atoms with Gasteiger partial charge in [-0.1, -0.05) is 42.5 Å². The molecule has 0 aliphatic carbocycles. The Morgan fingerprint density at radius 2 is 2.12 bits per heavy atom. The monoisotopic (exact) mass is 475 g/mol. The van der Waals surface area contributed by atoms with E-state index in [1.807, 2.05) is 38.1 Å². The minimum atomic E-state index is -0.568. The van der Waals surface area contributed by atoms with Crippen molar-refractivity contribution < 1.29 is 9.18 Å². The highest BCUT2D eigenvalue weighted by Crippen LogP contribution is 2.32. The third kappa shape index (κ3) is 4.19. The van der Waals surface area contributed by atoms with Crippen molar-refractivity contribution in [3.8, 4) is 10.6 Å². The second kappa shape index (κ2) is 9.56. The first-order valence-corrected chi connectivity index (χ1v) is 12.4. The van der Waals surface area contributed by atoms with Gasteiger partial charge in [0, 0.05) is 23.7 Å². The molecule has 0 bridgehead atoms. The molecule has 8 heteroatoms. The minimum Gasteiger partial charge on any atom is -0.315 e. The Labute approximate surface area is 201 Å². The van der Waals surface area contributed by atoms with Crippen LogP contribution in [0.2, 0.25) is 0 Å². The molecule has 0 radical (unpaired) electrons. The highest BCUT2D eigenvalue weighted by molar-refractivity contribution is 7.14. The minimum absolute atomic E-state index is 0.0296. The number of fused-ring (bicyclic) bond motifs is 1. The lowest BCUT2D eigenvalue weighted by Gasteiger charge is -2.35. The zero-order valence-electron chi connectivity index (χ0n) is 19.2. The second-order valence-corrected chi connectivity index (χ2v) is 9.59. The summed E-state index contributed by atoms with van der Waals surface area (Å²) < 4.78 is 15.4. The summed E-state index contributed by atoms with van der Waals surface area (Å²) in [5.41, 5.74) is 1.68. The molecule has 0 saturated carbocycles. The number of aromatic nitrogens is 3. The lowest BCUT2D eigenvalue weighted by molar-refractivity contribution is 0.0968. The number of halogens is 1. The van der Waals surface area contributed by atoms with E-state index in [4.69, 9.17) is 0 Å². The smallest absolute Gasteiger partial charge is 0.262 e. The van der Waals surface area contributed by atoms with E-state index in [1.54, 1.807) is 23.2 Å². The van der Waals surface area contributed by atoms with E-state index in [1.165, 1.54) is 17.4 Å². The van der Waals surface area contributed by atoms with Gasteiger partial charge in [-0.2, -0.15) is 0 Å². The summed E-state index contributed by atoms with van der Waals surface area (Å²) >= 11 is 1.44. The van der Waals surface area contributed by atoms with Crippen molar-refractivity contribution in [1.82, 2.24) is 20.5 Å². The first-order valence-electron chi connectivity index (χ1n) is 11.6. The number of piperidine rings is 1. The quantitative estimate of drug-likeness (QED) is 0.432. The van der Waals surface area contributed by atoms with Gasteiger partial charge in [-0.15, -0.1) is 10.2 Å². The van der Waals surface area contributed by atoms with Crippen LogP contribution in [-0.4, -0.2) is 40.2 Å². The highest BCUT2D eigenvalue weighted by Gasteiger charge is 2.31. The Morgan fingerprint density at radius 3 is 2.85 bits per heavy atom. The number of pyridine rings is 1. The predicted octanol–water partition coefficient (Wildman–Crippen LogP) is 5.16. The number of benzene rings is 2. The highest BCUT2D eigenvalue weighted by atomic mass is 32.1. The molecular formula is C26H26FN5OS. The lowest BCUT2D eigenvalue weighted by Crippen LogP contribution is -2.49. The molecule has 1 aliphatic rings. The van der Waals surface area contributed by atoms with Gasteiger partial charge in [0.15, 0.2) is 0 Å². The van der Waals surface area contributed by atoms with Crippen molar-refractivity contribution in [3.63, 3.8) is 0 Å². The first-order chi connectivity index (χ1) is 16.6. The number of nitrogens with zero attached hydrogens (tertiary/aromatic N) is 4. The molecule has 0 unspecified atom stereocenters. The maximum Gasteiger partial charge on any atom is 0.262 e. The van der Waals surface area contributed by atoms with Crippen LogP contribution in [0.1, 0.15) is 40.7 Å². The normalized spacial score (nSPS) is 16.0. The lowest BCUT2D eigenvalue weighted by atomic mass is 10.0. The van der Waals surface area contributed by atoms with E-state index < -0.39 is 5.82 Å². The van der Waals surface area contributed by atoms with E-state index in [2.05, 4.69) is 20.5 Å². The molecule has 4 aromatic rings. The Balaban J connectivity index is 1.58. The average molecular weight is 476 g/mol. The Morgan fingerprint density at radius 1 is 1.24 bits per heavy atom. The van der Waals surface area contributed by atoms with Crippen molar-refractivity contribution in [2.45, 2.75) is 39.2 Å². The molecule has 2 aromatic heterocycles. The number of aryl methyl sites for hydroxylation is 2. The van der Waals surface area contributed by atoms with Crippen molar-refractivity contribution in [2.75, 3.05) is 18.0 Å². The van der Waals surface area contributed by atoms with Crippen LogP contribution in [0, 0.1) is 12.7 Å². The number of hydrogen-bond donors (Lipinski definition) is 1. The van der Waals surface area contributed by atoms with Crippen molar-refractivity contribution in [3.05, 3.63) is 70.6 Å². The number of nitrogens with one attached hydrogen (secondary N) is 1. The molecule has 1 fully saturated rings. The zero-order valence-corrected chi connectivity index (χ0v) is 20.0. The van der Waals surface area contributed by atoms with Crippen molar-refractivity contribution in [1.29, 1.82) is 0 Å². The number of hydrogen-bond acceptors (Lipinski definition) is 6. The van der Waals surface area contributed by atoms with Gasteiger partial charge in [0.1, 0.15) is 21.7 Å². The average Bonchev–Trinajstić information content (AvgIpc) is 3.34. The van der Waals surface area contributed by atoms with Crippen LogP contribution in [0.15, 0.2) is 48.7 Å². The summed E-state index contributed by atoms with van der Waals surface area (Å²) in [4.78, 5) is 20.2. The number of carbonyl (C=O) groups excluding carboxylic acids is 1. The van der Waals surface area contributed by atoms with Crippen LogP contribution in [0.3, 0.4) is 0 Å². The largest absolute Gasteiger partial charge is 0.315 e. The van der Waals surface area contributed by atoms with Crippen LogP contribution in [0.5, 0.6) is 0 Å². The van der Waals surface area contributed by atoms with E-state index in [9.17, 15) is 4.79 Å². The van der Waals surface area contributed by atoms with Crippen LogP contribution in [0.4, 0.5) is 10.2 Å². The summed E-state index contributed by atoms with van der Waals surface area (Å²) in [5, 5.41) is 15.1. The maximum absolute atomic E-state index is 15.4. The molecule has 1 amide bonds. The topological polar surface area (TPSA) is 71.0 Å². The predicted molar refractivity (Wildman–Crippen MR) is 134 cm³/mol. The van der Waals surface area contributed by atoms with Crippen LogP contribution in [-0.2, 0) is 6.42 Å². The molecule has 0 spiro atoms.